The van der Waals surface area contributed by atoms with Crippen molar-refractivity contribution in [3.8, 4) is 0 Å². The maximum atomic E-state index is 3.65. The van der Waals surface area contributed by atoms with E-state index in [1.54, 1.807) is 5.20 Å². The van der Waals surface area contributed by atoms with Gasteiger partial charge in [0.25, 0.3) is 0 Å². The molecule has 0 saturated carbocycles. The van der Waals surface area contributed by atoms with Crippen LogP contribution in [0.25, 0.3) is 0 Å². The summed E-state index contributed by atoms with van der Waals surface area (Å²) in [6.07, 6.45) is 7.02. The van der Waals surface area contributed by atoms with Crippen LogP contribution >= 0.6 is 0 Å². The molecule has 5 heteroatoms. The van der Waals surface area contributed by atoms with Crippen molar-refractivity contribution >= 4 is 18.4 Å². The molecule has 0 saturated heterocycles. The van der Waals surface area contributed by atoms with Crippen LogP contribution in [0, 0.1) is 11.5 Å². The van der Waals surface area contributed by atoms with Gasteiger partial charge in [0.1, 0.15) is 0 Å². The van der Waals surface area contributed by atoms with Crippen LogP contribution in [0.4, 0.5) is 0 Å². The molecule has 0 nitrogen and oxygen atoms in total. The predicted molar refractivity (Wildman–Crippen MR) is 103 cm³/mol. The smallest absolute Gasteiger partial charge is 1.00 e. The number of rotatable bonds is 3. The van der Waals surface area contributed by atoms with Crippen molar-refractivity contribution in [2.24, 2.45) is 5.41 Å². The zero-order valence-corrected chi connectivity index (χ0v) is 21.0. The Morgan fingerprint density at radius 2 is 1.19 bits per heavy atom. The Bertz CT molecular complexity index is 711. The Kier molecular flexibility index (Phi) is 12.5. The third-order valence-electron chi connectivity index (χ3n) is 4.85. The Labute approximate surface area is 199 Å². The van der Waals surface area contributed by atoms with E-state index in [2.05, 4.69) is 100 Å². The molecule has 1 aliphatic carbocycles. The van der Waals surface area contributed by atoms with Gasteiger partial charge in [0.2, 0.25) is 0 Å². The Morgan fingerprint density at radius 3 is 1.56 bits per heavy atom. The van der Waals surface area contributed by atoms with Crippen LogP contribution in [0.2, 0.25) is 6.55 Å². The maximum Gasteiger partial charge on any atom is 4.00 e. The van der Waals surface area contributed by atoms with Gasteiger partial charge in [0, 0.05) is 0 Å². The minimum atomic E-state index is -1.98. The van der Waals surface area contributed by atoms with E-state index in [4.69, 9.17) is 0 Å². The number of allylic oxidation sites excluding steroid dienone is 4. The van der Waals surface area contributed by atoms with E-state index in [9.17, 15) is 0 Å². The van der Waals surface area contributed by atoms with Crippen LogP contribution in [0.3, 0.4) is 0 Å². The predicted octanol–water partition coefficient (Wildman–Crippen LogP) is -4.47. The molecule has 1 aliphatic rings. The Hall–Kier alpha value is -0.279. The van der Waals surface area contributed by atoms with E-state index in [0.717, 1.165) is 6.42 Å². The monoisotopic (exact) mass is 470 g/mol. The molecule has 0 radical (unpaired) electrons. The standard InChI is InChI=1S/C22H25Si.3ClH.Ti/c1-22(2,3)20-16-11-17-21(20)23(4,18-12-7-5-8-13-18)19-14-9-6-10-15-19;;;;/h5-10,12-15,17H,11H2,1-4H3;3*1H;/q-1;;;;+4/p-3. The Balaban J connectivity index is 0. The minimum Gasteiger partial charge on any atom is -1.00 e. The first-order valence-electron chi connectivity index (χ1n) is 8.37. The summed E-state index contributed by atoms with van der Waals surface area (Å²) < 4.78 is 0. The fraction of sp³-hybridized carbons (Fsp3) is 0.273. The summed E-state index contributed by atoms with van der Waals surface area (Å²) in [4.78, 5) is 0. The Morgan fingerprint density at radius 1 is 0.778 bits per heavy atom. The molecule has 27 heavy (non-hydrogen) atoms. The number of hydrogen-bond donors (Lipinski definition) is 0. The van der Waals surface area contributed by atoms with Crippen LogP contribution in [-0.2, 0) is 21.7 Å². The first-order chi connectivity index (χ1) is 10.9. The third-order valence-corrected chi connectivity index (χ3v) is 9.35. The summed E-state index contributed by atoms with van der Waals surface area (Å²) in [7, 11) is -1.98. The van der Waals surface area contributed by atoms with Crippen LogP contribution < -0.4 is 47.6 Å². The summed E-state index contributed by atoms with van der Waals surface area (Å²) in [6.45, 7) is 9.40. The third kappa shape index (κ3) is 5.85. The van der Waals surface area contributed by atoms with Crippen LogP contribution in [0.5, 0.6) is 0 Å². The summed E-state index contributed by atoms with van der Waals surface area (Å²) in [5, 5.41) is 4.49. The molecule has 0 aromatic heterocycles. The second-order valence-corrected chi connectivity index (χ2v) is 11.4. The fourth-order valence-electron chi connectivity index (χ4n) is 3.60. The van der Waals surface area contributed by atoms with Gasteiger partial charge in [-0.25, -0.2) is 5.57 Å². The molecule has 0 heterocycles. The summed E-state index contributed by atoms with van der Waals surface area (Å²) in [6, 6.07) is 22.1. The van der Waals surface area contributed by atoms with E-state index in [1.165, 1.54) is 15.9 Å². The number of halogens is 3. The fourth-order valence-corrected chi connectivity index (χ4v) is 7.74. The van der Waals surface area contributed by atoms with E-state index >= 15 is 0 Å². The quantitative estimate of drug-likeness (QED) is 0.313. The van der Waals surface area contributed by atoms with Crippen LogP contribution in [-0.4, -0.2) is 8.07 Å². The molecular formula is C22H25Cl3SiTi. The van der Waals surface area contributed by atoms with Crippen LogP contribution in [0.15, 0.2) is 77.5 Å². The van der Waals surface area contributed by atoms with Crippen molar-refractivity contribution in [2.45, 2.75) is 33.7 Å². The zero-order chi connectivity index (χ0) is 16.5. The molecule has 0 spiro atoms. The molecule has 2 aromatic carbocycles. The molecular weight excluding hydrogens is 447 g/mol. The molecule has 0 atom stereocenters. The summed E-state index contributed by atoms with van der Waals surface area (Å²) >= 11 is 0. The second-order valence-electron chi connectivity index (χ2n) is 7.48. The van der Waals surface area contributed by atoms with Crippen molar-refractivity contribution in [1.82, 2.24) is 0 Å². The molecule has 0 aliphatic heterocycles. The van der Waals surface area contributed by atoms with Gasteiger partial charge < -0.3 is 37.2 Å². The van der Waals surface area contributed by atoms with E-state index < -0.39 is 8.07 Å². The minimum absolute atomic E-state index is 0. The molecule has 0 N–H and O–H groups in total. The number of hydrogen-bond acceptors (Lipinski definition) is 0. The van der Waals surface area contributed by atoms with Gasteiger partial charge in [-0.05, 0) is 5.41 Å². The number of benzene rings is 2. The first kappa shape index (κ1) is 28.9. The molecule has 3 rings (SSSR count). The first-order valence-corrected chi connectivity index (χ1v) is 10.9. The maximum absolute atomic E-state index is 3.65. The van der Waals surface area contributed by atoms with Crippen molar-refractivity contribution < 1.29 is 58.9 Å². The van der Waals surface area contributed by atoms with Gasteiger partial charge in [-0.3, -0.25) is 6.08 Å². The summed E-state index contributed by atoms with van der Waals surface area (Å²) in [5.41, 5.74) is 1.56. The molecule has 2 aromatic rings. The van der Waals surface area contributed by atoms with Gasteiger partial charge in [0.15, 0.2) is 0 Å². The van der Waals surface area contributed by atoms with Gasteiger partial charge >= 0.3 is 21.7 Å². The SMILES string of the molecule is CC(C)(C)C1=[C-]CC=C1[Si](C)(c1ccccc1)c1ccccc1.[Cl-].[Cl-].[Cl-].[Ti+4]. The van der Waals surface area contributed by atoms with E-state index in [-0.39, 0.29) is 64.4 Å². The van der Waals surface area contributed by atoms with Crippen molar-refractivity contribution in [3.05, 3.63) is 83.6 Å². The molecule has 0 bridgehead atoms. The topological polar surface area (TPSA) is 0 Å². The van der Waals surface area contributed by atoms with Crippen molar-refractivity contribution in [1.29, 1.82) is 0 Å². The molecule has 0 amide bonds. The molecule has 0 fully saturated rings. The average molecular weight is 472 g/mol. The molecule has 142 valence electrons. The molecule has 0 unspecified atom stereocenters. The normalized spacial score (nSPS) is 13.0. The van der Waals surface area contributed by atoms with Crippen molar-refractivity contribution in [3.63, 3.8) is 0 Å². The van der Waals surface area contributed by atoms with Crippen LogP contribution in [0.1, 0.15) is 27.2 Å². The van der Waals surface area contributed by atoms with Gasteiger partial charge in [-0.1, -0.05) is 98.4 Å². The zero-order valence-electron chi connectivity index (χ0n) is 16.2. The largest absolute Gasteiger partial charge is 4.00 e. The average Bonchev–Trinajstić information content (AvgIpc) is 3.06. The second kappa shape index (κ2) is 11.7. The summed E-state index contributed by atoms with van der Waals surface area (Å²) in [5.74, 6) is 0. The van der Waals surface area contributed by atoms with Gasteiger partial charge in [0.05, 0.1) is 8.07 Å². The van der Waals surface area contributed by atoms with Gasteiger partial charge in [-0.2, -0.15) is 11.3 Å². The van der Waals surface area contributed by atoms with E-state index in [1.807, 2.05) is 0 Å². The van der Waals surface area contributed by atoms with Crippen molar-refractivity contribution in [2.75, 3.05) is 0 Å². The van der Waals surface area contributed by atoms with E-state index in [0.29, 0.717) is 0 Å². The van der Waals surface area contributed by atoms with Gasteiger partial charge in [-0.15, -0.1) is 6.42 Å².